The SMILES string of the molecule is FC(F)(F)COC[C@@H]1CO1. The zero-order valence-electron chi connectivity index (χ0n) is 5.15. The van der Waals surface area contributed by atoms with Crippen LogP contribution in [0.3, 0.4) is 0 Å². The van der Waals surface area contributed by atoms with Crippen LogP contribution in [0.2, 0.25) is 0 Å². The summed E-state index contributed by atoms with van der Waals surface area (Å²) in [6.07, 6.45) is -4.31. The van der Waals surface area contributed by atoms with E-state index < -0.39 is 12.8 Å². The van der Waals surface area contributed by atoms with E-state index in [2.05, 4.69) is 9.47 Å². The van der Waals surface area contributed by atoms with Crippen molar-refractivity contribution >= 4 is 0 Å². The first-order chi connectivity index (χ1) is 4.58. The molecular formula is C5H7F3O2. The van der Waals surface area contributed by atoms with Crippen LogP contribution in [0, 0.1) is 0 Å². The second-order valence-corrected chi connectivity index (χ2v) is 2.09. The molecule has 0 aliphatic carbocycles. The molecule has 0 N–H and O–H groups in total. The third kappa shape index (κ3) is 3.68. The lowest BCUT2D eigenvalue weighted by Gasteiger charge is -2.04. The van der Waals surface area contributed by atoms with Gasteiger partial charge in [-0.15, -0.1) is 0 Å². The van der Waals surface area contributed by atoms with Gasteiger partial charge in [-0.3, -0.25) is 0 Å². The van der Waals surface area contributed by atoms with Crippen LogP contribution in [0.25, 0.3) is 0 Å². The third-order valence-corrected chi connectivity index (χ3v) is 0.972. The monoisotopic (exact) mass is 156 g/mol. The number of hydrogen-bond acceptors (Lipinski definition) is 2. The molecule has 1 fully saturated rings. The molecule has 0 aromatic carbocycles. The van der Waals surface area contributed by atoms with Gasteiger partial charge in [-0.2, -0.15) is 13.2 Å². The lowest BCUT2D eigenvalue weighted by Crippen LogP contribution is -2.18. The number of rotatable bonds is 3. The van der Waals surface area contributed by atoms with Gasteiger partial charge in [-0.1, -0.05) is 0 Å². The predicted octanol–water partition coefficient (Wildman–Crippen LogP) is 0.964. The van der Waals surface area contributed by atoms with Crippen LogP contribution in [0.4, 0.5) is 13.2 Å². The molecule has 0 aromatic rings. The largest absolute Gasteiger partial charge is 0.411 e. The van der Waals surface area contributed by atoms with Gasteiger partial charge >= 0.3 is 6.18 Å². The highest BCUT2D eigenvalue weighted by Gasteiger charge is 2.30. The van der Waals surface area contributed by atoms with Crippen molar-refractivity contribution in [3.05, 3.63) is 0 Å². The van der Waals surface area contributed by atoms with E-state index in [0.29, 0.717) is 6.61 Å². The highest BCUT2D eigenvalue weighted by Crippen LogP contribution is 2.16. The summed E-state index contributed by atoms with van der Waals surface area (Å²) >= 11 is 0. The van der Waals surface area contributed by atoms with Crippen molar-refractivity contribution in [3.8, 4) is 0 Å². The Morgan fingerprint density at radius 2 is 2.10 bits per heavy atom. The molecule has 0 saturated carbocycles. The van der Waals surface area contributed by atoms with Gasteiger partial charge < -0.3 is 9.47 Å². The molecule has 0 unspecified atom stereocenters. The van der Waals surface area contributed by atoms with Gasteiger partial charge in [0.2, 0.25) is 0 Å². The molecule has 1 heterocycles. The van der Waals surface area contributed by atoms with E-state index in [0.717, 1.165) is 0 Å². The van der Waals surface area contributed by atoms with Gasteiger partial charge in [0.25, 0.3) is 0 Å². The highest BCUT2D eigenvalue weighted by molar-refractivity contribution is 4.67. The van der Waals surface area contributed by atoms with E-state index in [9.17, 15) is 13.2 Å². The van der Waals surface area contributed by atoms with Crippen molar-refractivity contribution in [3.63, 3.8) is 0 Å². The molecule has 1 aliphatic rings. The number of hydrogen-bond donors (Lipinski definition) is 0. The quantitative estimate of drug-likeness (QED) is 0.568. The standard InChI is InChI=1S/C5H7F3O2/c6-5(7,8)3-9-1-4-2-10-4/h4H,1-3H2/t4-/m1/s1. The van der Waals surface area contributed by atoms with Crippen LogP contribution in [0.15, 0.2) is 0 Å². The van der Waals surface area contributed by atoms with Crippen molar-refractivity contribution in [2.24, 2.45) is 0 Å². The van der Waals surface area contributed by atoms with Gasteiger partial charge in [-0.05, 0) is 0 Å². The minimum absolute atomic E-state index is 0.0551. The first-order valence-electron chi connectivity index (χ1n) is 2.84. The fourth-order valence-electron chi connectivity index (χ4n) is 0.470. The smallest absolute Gasteiger partial charge is 0.371 e. The fourth-order valence-corrected chi connectivity index (χ4v) is 0.470. The van der Waals surface area contributed by atoms with Gasteiger partial charge in [-0.25, -0.2) is 0 Å². The molecule has 10 heavy (non-hydrogen) atoms. The Bertz CT molecular complexity index is 108. The minimum Gasteiger partial charge on any atom is -0.371 e. The Hall–Kier alpha value is -0.290. The van der Waals surface area contributed by atoms with E-state index in [1.807, 2.05) is 0 Å². The summed E-state index contributed by atoms with van der Waals surface area (Å²) in [5.74, 6) is 0. The van der Waals surface area contributed by atoms with Crippen molar-refractivity contribution in [1.82, 2.24) is 0 Å². The van der Waals surface area contributed by atoms with Crippen LogP contribution < -0.4 is 0 Å². The molecule has 1 atom stereocenters. The molecule has 60 valence electrons. The topological polar surface area (TPSA) is 21.8 Å². The second-order valence-electron chi connectivity index (χ2n) is 2.09. The van der Waals surface area contributed by atoms with Gasteiger partial charge in [0.05, 0.1) is 13.2 Å². The maximum absolute atomic E-state index is 11.4. The first kappa shape index (κ1) is 7.81. The molecule has 0 bridgehead atoms. The maximum atomic E-state index is 11.4. The Morgan fingerprint density at radius 3 is 2.50 bits per heavy atom. The summed E-state index contributed by atoms with van der Waals surface area (Å²) in [5, 5.41) is 0. The molecule has 5 heteroatoms. The zero-order chi connectivity index (χ0) is 7.61. The van der Waals surface area contributed by atoms with Crippen LogP contribution in [-0.2, 0) is 9.47 Å². The molecule has 0 amide bonds. The first-order valence-corrected chi connectivity index (χ1v) is 2.84. The number of alkyl halides is 3. The van der Waals surface area contributed by atoms with E-state index in [-0.39, 0.29) is 12.7 Å². The number of ether oxygens (including phenoxy) is 2. The Balaban J connectivity index is 1.93. The van der Waals surface area contributed by atoms with Crippen LogP contribution in [0.1, 0.15) is 0 Å². The van der Waals surface area contributed by atoms with Crippen molar-refractivity contribution in [1.29, 1.82) is 0 Å². The van der Waals surface area contributed by atoms with Crippen LogP contribution in [0.5, 0.6) is 0 Å². The molecular weight excluding hydrogens is 149 g/mol. The fraction of sp³-hybridized carbons (Fsp3) is 1.00. The summed E-state index contributed by atoms with van der Waals surface area (Å²) in [7, 11) is 0. The molecule has 1 aliphatic heterocycles. The lowest BCUT2D eigenvalue weighted by atomic mass is 10.5. The van der Waals surface area contributed by atoms with E-state index >= 15 is 0 Å². The summed E-state index contributed by atoms with van der Waals surface area (Å²) in [4.78, 5) is 0. The highest BCUT2D eigenvalue weighted by atomic mass is 19.4. The van der Waals surface area contributed by atoms with Crippen molar-refractivity contribution in [2.75, 3.05) is 19.8 Å². The summed E-state index contributed by atoms with van der Waals surface area (Å²) < 4.78 is 43.0. The van der Waals surface area contributed by atoms with E-state index in [1.54, 1.807) is 0 Å². The Morgan fingerprint density at radius 1 is 1.50 bits per heavy atom. The molecule has 1 saturated heterocycles. The average molecular weight is 156 g/mol. The van der Waals surface area contributed by atoms with Crippen LogP contribution in [-0.4, -0.2) is 32.1 Å². The zero-order valence-corrected chi connectivity index (χ0v) is 5.15. The molecule has 1 rings (SSSR count). The number of epoxide rings is 1. The average Bonchev–Trinajstić information content (AvgIpc) is 2.45. The molecule has 0 radical (unpaired) electrons. The van der Waals surface area contributed by atoms with E-state index in [4.69, 9.17) is 0 Å². The Labute approximate surface area is 55.9 Å². The van der Waals surface area contributed by atoms with Gasteiger partial charge in [0.15, 0.2) is 0 Å². The second kappa shape index (κ2) is 2.75. The molecule has 2 nitrogen and oxygen atoms in total. The molecule has 0 spiro atoms. The van der Waals surface area contributed by atoms with Crippen LogP contribution >= 0.6 is 0 Å². The van der Waals surface area contributed by atoms with Crippen molar-refractivity contribution < 1.29 is 22.6 Å². The van der Waals surface area contributed by atoms with Crippen molar-refractivity contribution in [2.45, 2.75) is 12.3 Å². The van der Waals surface area contributed by atoms with Gasteiger partial charge in [0, 0.05) is 0 Å². The lowest BCUT2D eigenvalue weighted by molar-refractivity contribution is -0.174. The molecule has 0 aromatic heterocycles. The minimum atomic E-state index is -4.21. The third-order valence-electron chi connectivity index (χ3n) is 0.972. The van der Waals surface area contributed by atoms with E-state index in [1.165, 1.54) is 0 Å². The predicted molar refractivity (Wildman–Crippen MR) is 26.6 cm³/mol. The Kier molecular flexibility index (Phi) is 2.15. The maximum Gasteiger partial charge on any atom is 0.411 e. The summed E-state index contributed by atoms with van der Waals surface area (Å²) in [6.45, 7) is -0.593. The number of halogens is 3. The van der Waals surface area contributed by atoms with Gasteiger partial charge in [0.1, 0.15) is 12.7 Å². The summed E-state index contributed by atoms with van der Waals surface area (Å²) in [6, 6.07) is 0. The normalized spacial score (nSPS) is 24.9. The summed E-state index contributed by atoms with van der Waals surface area (Å²) in [5.41, 5.74) is 0.